The number of hydrogen-bond donors (Lipinski definition) is 0. The van der Waals surface area contributed by atoms with Crippen LogP contribution in [0.15, 0.2) is 36.5 Å². The van der Waals surface area contributed by atoms with E-state index in [0.29, 0.717) is 12.0 Å². The monoisotopic (exact) mass is 351 g/mol. The molecule has 1 saturated heterocycles. The first kappa shape index (κ1) is 17.3. The number of aryl methyl sites for hydroxylation is 1. The summed E-state index contributed by atoms with van der Waals surface area (Å²) in [5.41, 5.74) is 2.38. The molecule has 1 aliphatic carbocycles. The van der Waals surface area contributed by atoms with Crippen molar-refractivity contribution >= 4 is 5.91 Å². The summed E-state index contributed by atoms with van der Waals surface area (Å²) in [6, 6.07) is 10.6. The van der Waals surface area contributed by atoms with Gasteiger partial charge in [-0.25, -0.2) is 4.98 Å². The molecule has 0 spiro atoms. The Bertz CT molecular complexity index is 755. The lowest BCUT2D eigenvalue weighted by Crippen LogP contribution is -2.41. The topological polar surface area (TPSA) is 38.1 Å². The van der Waals surface area contributed by atoms with Crippen LogP contribution < -0.4 is 0 Å². The van der Waals surface area contributed by atoms with Crippen LogP contribution in [-0.2, 0) is 4.79 Å². The molecule has 1 aliphatic heterocycles. The molecule has 4 heteroatoms. The molecule has 4 nitrogen and oxygen atoms in total. The second kappa shape index (κ2) is 7.26. The van der Waals surface area contributed by atoms with Crippen molar-refractivity contribution in [1.29, 1.82) is 0 Å². The Morgan fingerprint density at radius 3 is 2.42 bits per heavy atom. The van der Waals surface area contributed by atoms with Crippen molar-refractivity contribution in [3.05, 3.63) is 53.6 Å². The zero-order chi connectivity index (χ0) is 18.1. The van der Waals surface area contributed by atoms with Gasteiger partial charge in [-0.15, -0.1) is 0 Å². The first-order valence-corrected chi connectivity index (χ1v) is 10.0. The van der Waals surface area contributed by atoms with Crippen LogP contribution in [0.3, 0.4) is 0 Å². The van der Waals surface area contributed by atoms with E-state index in [4.69, 9.17) is 4.98 Å². The van der Waals surface area contributed by atoms with Gasteiger partial charge in [0.15, 0.2) is 0 Å². The normalized spacial score (nSPS) is 20.0. The number of benzene rings is 1. The Labute approximate surface area is 156 Å². The average Bonchev–Trinajstić information content (AvgIpc) is 3.01. The minimum Gasteiger partial charge on any atom is -0.342 e. The molecule has 2 heterocycles. The van der Waals surface area contributed by atoms with Crippen molar-refractivity contribution in [1.82, 2.24) is 14.5 Å². The quantitative estimate of drug-likeness (QED) is 0.817. The van der Waals surface area contributed by atoms with Crippen LogP contribution in [-0.4, -0.2) is 33.4 Å². The van der Waals surface area contributed by atoms with E-state index in [1.165, 1.54) is 30.8 Å². The summed E-state index contributed by atoms with van der Waals surface area (Å²) in [6.07, 6.45) is 7.99. The SMILES string of the molecule is Cc1cnc(C2CCC2)n1C1CCN(C(=O)C(C)c2ccccc2)CC1. The highest BCUT2D eigenvalue weighted by Crippen LogP contribution is 2.38. The predicted molar refractivity (Wildman–Crippen MR) is 103 cm³/mol. The Morgan fingerprint density at radius 1 is 1.12 bits per heavy atom. The maximum absolute atomic E-state index is 12.9. The van der Waals surface area contributed by atoms with Crippen molar-refractivity contribution in [2.45, 2.75) is 63.8 Å². The molecule has 1 atom stereocenters. The zero-order valence-electron chi connectivity index (χ0n) is 15.9. The number of carbonyl (C=O) groups excluding carboxylic acids is 1. The number of rotatable bonds is 4. The Morgan fingerprint density at radius 2 is 1.81 bits per heavy atom. The van der Waals surface area contributed by atoms with Crippen molar-refractivity contribution < 1.29 is 4.79 Å². The molecule has 2 aromatic rings. The number of aromatic nitrogens is 2. The largest absolute Gasteiger partial charge is 0.342 e. The third kappa shape index (κ3) is 3.17. The highest BCUT2D eigenvalue weighted by Gasteiger charge is 2.31. The molecular weight excluding hydrogens is 322 g/mol. The molecule has 138 valence electrons. The van der Waals surface area contributed by atoms with Gasteiger partial charge in [-0.1, -0.05) is 36.8 Å². The molecule has 0 bridgehead atoms. The van der Waals surface area contributed by atoms with Gasteiger partial charge >= 0.3 is 0 Å². The van der Waals surface area contributed by atoms with Crippen molar-refractivity contribution in [2.24, 2.45) is 0 Å². The molecule has 0 radical (unpaired) electrons. The van der Waals surface area contributed by atoms with E-state index in [2.05, 4.69) is 28.5 Å². The van der Waals surface area contributed by atoms with Gasteiger partial charge in [0, 0.05) is 36.9 Å². The number of imidazole rings is 1. The maximum atomic E-state index is 12.9. The second-order valence-corrected chi connectivity index (χ2v) is 7.94. The minimum atomic E-state index is -0.0618. The number of carbonyl (C=O) groups is 1. The molecule has 1 aromatic heterocycles. The smallest absolute Gasteiger partial charge is 0.229 e. The van der Waals surface area contributed by atoms with E-state index in [1.54, 1.807) is 0 Å². The van der Waals surface area contributed by atoms with Crippen LogP contribution >= 0.6 is 0 Å². The van der Waals surface area contributed by atoms with E-state index in [0.717, 1.165) is 31.5 Å². The lowest BCUT2D eigenvalue weighted by molar-refractivity contribution is -0.133. The fraction of sp³-hybridized carbons (Fsp3) is 0.545. The highest BCUT2D eigenvalue weighted by molar-refractivity contribution is 5.83. The van der Waals surface area contributed by atoms with E-state index >= 15 is 0 Å². The Hall–Kier alpha value is -2.10. The Kier molecular flexibility index (Phi) is 4.84. The summed E-state index contributed by atoms with van der Waals surface area (Å²) in [5, 5.41) is 0. The van der Waals surface area contributed by atoms with Gasteiger partial charge < -0.3 is 9.47 Å². The number of amides is 1. The molecule has 4 rings (SSSR count). The highest BCUT2D eigenvalue weighted by atomic mass is 16.2. The van der Waals surface area contributed by atoms with Crippen LogP contribution in [0.2, 0.25) is 0 Å². The summed E-state index contributed by atoms with van der Waals surface area (Å²) in [7, 11) is 0. The fourth-order valence-corrected chi connectivity index (χ4v) is 4.41. The molecule has 2 fully saturated rings. The van der Waals surface area contributed by atoms with Crippen molar-refractivity contribution in [3.63, 3.8) is 0 Å². The van der Waals surface area contributed by atoms with Gasteiger partial charge in [0.1, 0.15) is 5.82 Å². The summed E-state index contributed by atoms with van der Waals surface area (Å²) < 4.78 is 2.48. The molecule has 2 aliphatic rings. The van der Waals surface area contributed by atoms with Crippen molar-refractivity contribution in [3.8, 4) is 0 Å². The molecule has 1 amide bonds. The van der Waals surface area contributed by atoms with Crippen LogP contribution in [0.25, 0.3) is 0 Å². The third-order valence-corrected chi connectivity index (χ3v) is 6.29. The zero-order valence-corrected chi connectivity index (χ0v) is 15.9. The summed E-state index contributed by atoms with van der Waals surface area (Å²) in [6.45, 7) is 5.90. The van der Waals surface area contributed by atoms with E-state index in [-0.39, 0.29) is 11.8 Å². The van der Waals surface area contributed by atoms with E-state index < -0.39 is 0 Å². The fourth-order valence-electron chi connectivity index (χ4n) is 4.41. The lowest BCUT2D eigenvalue weighted by Gasteiger charge is -2.36. The van der Waals surface area contributed by atoms with Gasteiger partial charge in [0.2, 0.25) is 5.91 Å². The predicted octanol–water partition coefficient (Wildman–Crippen LogP) is 4.43. The molecule has 1 aromatic carbocycles. The van der Waals surface area contributed by atoms with Crippen LogP contribution in [0.4, 0.5) is 0 Å². The number of nitrogens with zero attached hydrogens (tertiary/aromatic N) is 3. The molecule has 1 unspecified atom stereocenters. The second-order valence-electron chi connectivity index (χ2n) is 7.94. The van der Waals surface area contributed by atoms with E-state index in [1.807, 2.05) is 31.3 Å². The van der Waals surface area contributed by atoms with Crippen LogP contribution in [0, 0.1) is 6.92 Å². The minimum absolute atomic E-state index is 0.0618. The maximum Gasteiger partial charge on any atom is 0.229 e. The van der Waals surface area contributed by atoms with Crippen LogP contribution in [0.1, 0.15) is 74.0 Å². The third-order valence-electron chi connectivity index (χ3n) is 6.29. The lowest BCUT2D eigenvalue weighted by atomic mass is 9.84. The molecule has 26 heavy (non-hydrogen) atoms. The first-order chi connectivity index (χ1) is 12.6. The van der Waals surface area contributed by atoms with E-state index in [9.17, 15) is 4.79 Å². The summed E-state index contributed by atoms with van der Waals surface area (Å²) in [4.78, 5) is 19.7. The Balaban J connectivity index is 1.42. The molecular formula is C22H29N3O. The number of likely N-dealkylation sites (tertiary alicyclic amines) is 1. The van der Waals surface area contributed by atoms with Crippen molar-refractivity contribution in [2.75, 3.05) is 13.1 Å². The summed E-state index contributed by atoms with van der Waals surface area (Å²) in [5.74, 6) is 2.14. The number of piperidine rings is 1. The van der Waals surface area contributed by atoms with Gasteiger partial charge in [0.25, 0.3) is 0 Å². The van der Waals surface area contributed by atoms with Crippen LogP contribution in [0.5, 0.6) is 0 Å². The first-order valence-electron chi connectivity index (χ1n) is 10.0. The van der Waals surface area contributed by atoms with Gasteiger partial charge in [-0.3, -0.25) is 4.79 Å². The van der Waals surface area contributed by atoms with Gasteiger partial charge in [0.05, 0.1) is 5.92 Å². The summed E-state index contributed by atoms with van der Waals surface area (Å²) >= 11 is 0. The van der Waals surface area contributed by atoms with Gasteiger partial charge in [-0.05, 0) is 45.1 Å². The molecule has 0 N–H and O–H groups in total. The molecule has 1 saturated carbocycles. The standard InChI is InChI=1S/C22H29N3O/c1-16-15-23-21(19-9-6-10-19)25(16)20-11-13-24(14-12-20)22(26)17(2)18-7-4-3-5-8-18/h3-5,7-8,15,17,19-20H,6,9-14H2,1-2H3. The average molecular weight is 351 g/mol. The number of hydrogen-bond acceptors (Lipinski definition) is 2. The van der Waals surface area contributed by atoms with Gasteiger partial charge in [-0.2, -0.15) is 0 Å².